The van der Waals surface area contributed by atoms with Crippen molar-refractivity contribution >= 4 is 28.7 Å². The molecule has 0 spiro atoms. The second-order valence-electron chi connectivity index (χ2n) is 7.73. The van der Waals surface area contributed by atoms with E-state index < -0.39 is 0 Å². The summed E-state index contributed by atoms with van der Waals surface area (Å²) in [7, 11) is 1.67. The molecule has 1 N–H and O–H groups in total. The van der Waals surface area contributed by atoms with Crippen molar-refractivity contribution < 1.29 is 9.53 Å². The summed E-state index contributed by atoms with van der Waals surface area (Å²) >= 11 is 1.75. The number of nitrogens with one attached hydrogen (secondary N) is 1. The van der Waals surface area contributed by atoms with E-state index in [-0.39, 0.29) is 11.9 Å². The van der Waals surface area contributed by atoms with Gasteiger partial charge in [-0.25, -0.2) is 4.98 Å². The zero-order chi connectivity index (χ0) is 23.0. The quantitative estimate of drug-likeness (QED) is 0.364. The van der Waals surface area contributed by atoms with Crippen LogP contribution in [-0.4, -0.2) is 39.6 Å². The molecule has 1 unspecified atom stereocenters. The van der Waals surface area contributed by atoms with Crippen molar-refractivity contribution in [2.45, 2.75) is 25.4 Å². The van der Waals surface area contributed by atoms with Gasteiger partial charge in [-0.3, -0.25) is 9.78 Å². The van der Waals surface area contributed by atoms with Crippen molar-refractivity contribution in [1.29, 1.82) is 0 Å². The number of ether oxygens (including phenoxy) is 1. The van der Waals surface area contributed by atoms with Crippen LogP contribution >= 0.6 is 11.8 Å². The molecule has 7 heteroatoms. The third-order valence-corrected chi connectivity index (χ3v) is 6.22. The number of benzene rings is 2. The molecule has 33 heavy (non-hydrogen) atoms. The van der Waals surface area contributed by atoms with E-state index in [1.807, 2.05) is 30.3 Å². The minimum atomic E-state index is -0.235. The zero-order valence-electron chi connectivity index (χ0n) is 18.9. The maximum absolute atomic E-state index is 13.0. The van der Waals surface area contributed by atoms with E-state index in [0.717, 1.165) is 47.7 Å². The number of carbonyl (C=O) groups is 1. The number of fused-ring (bicyclic) bond motifs is 1. The number of thioether (sulfide) groups is 1. The Labute approximate surface area is 198 Å². The molecule has 1 amide bonds. The fraction of sp³-hybridized carbons (Fsp3) is 0.269. The van der Waals surface area contributed by atoms with Gasteiger partial charge in [-0.15, -0.1) is 0 Å². The first-order chi connectivity index (χ1) is 16.2. The van der Waals surface area contributed by atoms with E-state index in [9.17, 15) is 4.79 Å². The molecule has 0 saturated carbocycles. The van der Waals surface area contributed by atoms with Crippen LogP contribution in [-0.2, 0) is 13.0 Å². The number of imidazole rings is 1. The lowest BCUT2D eigenvalue weighted by Gasteiger charge is -2.20. The molecule has 0 aliphatic carbocycles. The second kappa shape index (κ2) is 11.0. The van der Waals surface area contributed by atoms with Crippen molar-refractivity contribution in [3.05, 3.63) is 90.0 Å². The van der Waals surface area contributed by atoms with Crippen LogP contribution in [0.15, 0.2) is 72.9 Å². The lowest BCUT2D eigenvalue weighted by molar-refractivity contribution is 0.0928. The van der Waals surface area contributed by atoms with E-state index >= 15 is 0 Å². The van der Waals surface area contributed by atoms with Crippen LogP contribution in [0.1, 0.15) is 34.3 Å². The van der Waals surface area contributed by atoms with Gasteiger partial charge in [-0.05, 0) is 54.7 Å². The lowest BCUT2D eigenvalue weighted by atomic mass is 10.1. The van der Waals surface area contributed by atoms with Crippen molar-refractivity contribution in [2.75, 3.05) is 19.1 Å². The molecule has 0 aliphatic heterocycles. The molecule has 2 aromatic heterocycles. The Kier molecular flexibility index (Phi) is 7.62. The van der Waals surface area contributed by atoms with Gasteiger partial charge in [0, 0.05) is 18.8 Å². The van der Waals surface area contributed by atoms with Crippen LogP contribution in [0.25, 0.3) is 11.0 Å². The normalized spacial score (nSPS) is 11.9. The van der Waals surface area contributed by atoms with Gasteiger partial charge in [0.25, 0.3) is 5.91 Å². The standard InChI is InChI=1S/C26H28N4O2S/c1-32-20-11-12-21-24(18-20)30(16-13-19-8-4-3-5-9-19)25(28-21)22(14-17-33-2)29-26(31)23-10-6-7-15-27-23/h3-12,15,18,22H,13-14,16-17H2,1-2H3,(H,29,31). The summed E-state index contributed by atoms with van der Waals surface area (Å²) in [5, 5.41) is 3.18. The number of carbonyl (C=O) groups excluding carboxylic acids is 1. The summed E-state index contributed by atoms with van der Waals surface area (Å²) in [6, 6.07) is 21.4. The first kappa shape index (κ1) is 22.9. The smallest absolute Gasteiger partial charge is 0.270 e. The van der Waals surface area contributed by atoms with Crippen LogP contribution in [0.3, 0.4) is 0 Å². The minimum absolute atomic E-state index is 0.194. The van der Waals surface area contributed by atoms with Gasteiger partial charge in [-0.1, -0.05) is 36.4 Å². The number of pyridine rings is 1. The highest BCUT2D eigenvalue weighted by Gasteiger charge is 2.23. The molecular formula is C26H28N4O2S. The largest absolute Gasteiger partial charge is 0.497 e. The summed E-state index contributed by atoms with van der Waals surface area (Å²) in [6.45, 7) is 0.748. The molecule has 170 valence electrons. The Morgan fingerprint density at radius 1 is 1.12 bits per heavy atom. The number of nitrogens with zero attached hydrogens (tertiary/aromatic N) is 3. The molecule has 4 rings (SSSR count). The highest BCUT2D eigenvalue weighted by atomic mass is 32.2. The van der Waals surface area contributed by atoms with Crippen molar-refractivity contribution in [3.63, 3.8) is 0 Å². The Bertz CT molecular complexity index is 1200. The summed E-state index contributed by atoms with van der Waals surface area (Å²) in [5.74, 6) is 2.35. The van der Waals surface area contributed by atoms with Crippen LogP contribution < -0.4 is 10.1 Å². The van der Waals surface area contributed by atoms with Gasteiger partial charge >= 0.3 is 0 Å². The monoisotopic (exact) mass is 460 g/mol. The molecule has 2 aromatic carbocycles. The number of hydrogen-bond donors (Lipinski definition) is 1. The molecule has 0 aliphatic rings. The summed E-state index contributed by atoms with van der Waals surface area (Å²) in [5.41, 5.74) is 3.55. The van der Waals surface area contributed by atoms with Crippen LogP contribution in [0, 0.1) is 0 Å². The first-order valence-electron chi connectivity index (χ1n) is 11.0. The number of methoxy groups -OCH3 is 1. The van der Waals surface area contributed by atoms with Crippen LogP contribution in [0.2, 0.25) is 0 Å². The van der Waals surface area contributed by atoms with Gasteiger partial charge < -0.3 is 14.6 Å². The lowest BCUT2D eigenvalue weighted by Crippen LogP contribution is -2.31. The maximum atomic E-state index is 13.0. The minimum Gasteiger partial charge on any atom is -0.497 e. The topological polar surface area (TPSA) is 69.0 Å². The third-order valence-electron chi connectivity index (χ3n) is 5.58. The fourth-order valence-corrected chi connectivity index (χ4v) is 4.34. The predicted octanol–water partition coefficient (Wildman–Crippen LogP) is 4.91. The summed E-state index contributed by atoms with van der Waals surface area (Å²) in [4.78, 5) is 22.1. The van der Waals surface area contributed by atoms with Crippen LogP contribution in [0.5, 0.6) is 5.75 Å². The van der Waals surface area contributed by atoms with E-state index in [2.05, 4.69) is 45.4 Å². The molecular weight excluding hydrogens is 432 g/mol. The van der Waals surface area contributed by atoms with Crippen molar-refractivity contribution in [2.24, 2.45) is 0 Å². The molecule has 0 saturated heterocycles. The highest BCUT2D eigenvalue weighted by molar-refractivity contribution is 7.98. The van der Waals surface area contributed by atoms with Gasteiger partial charge in [0.05, 0.1) is 24.2 Å². The average Bonchev–Trinajstić information content (AvgIpc) is 3.23. The Morgan fingerprint density at radius 3 is 2.67 bits per heavy atom. The molecule has 2 heterocycles. The average molecular weight is 461 g/mol. The van der Waals surface area contributed by atoms with Crippen molar-refractivity contribution in [1.82, 2.24) is 19.9 Å². The molecule has 4 aromatic rings. The summed E-state index contributed by atoms with van der Waals surface area (Å²) in [6.07, 6.45) is 5.33. The first-order valence-corrected chi connectivity index (χ1v) is 12.4. The number of amides is 1. The molecule has 0 fully saturated rings. The van der Waals surface area contributed by atoms with Crippen LogP contribution in [0.4, 0.5) is 0 Å². The van der Waals surface area contributed by atoms with Gasteiger partial charge in [0.1, 0.15) is 17.3 Å². The molecule has 0 radical (unpaired) electrons. The highest BCUT2D eigenvalue weighted by Crippen LogP contribution is 2.27. The van der Waals surface area contributed by atoms with E-state index in [1.165, 1.54) is 5.56 Å². The summed E-state index contributed by atoms with van der Waals surface area (Å²) < 4.78 is 7.69. The second-order valence-corrected chi connectivity index (χ2v) is 8.72. The Morgan fingerprint density at radius 2 is 1.94 bits per heavy atom. The number of aromatic nitrogens is 3. The van der Waals surface area contributed by atoms with E-state index in [1.54, 1.807) is 37.2 Å². The number of rotatable bonds is 10. The Hall–Kier alpha value is -3.32. The maximum Gasteiger partial charge on any atom is 0.270 e. The van der Waals surface area contributed by atoms with Crippen molar-refractivity contribution in [3.8, 4) is 5.75 Å². The third kappa shape index (κ3) is 5.54. The SMILES string of the molecule is COc1ccc2nc(C(CCSC)NC(=O)c3ccccn3)n(CCc3ccccc3)c2c1. The number of aryl methyl sites for hydroxylation is 2. The van der Waals surface area contributed by atoms with Gasteiger partial charge in [0.2, 0.25) is 0 Å². The molecule has 0 bridgehead atoms. The van der Waals surface area contributed by atoms with Gasteiger partial charge in [0.15, 0.2) is 0 Å². The van der Waals surface area contributed by atoms with E-state index in [0.29, 0.717) is 5.69 Å². The Balaban J connectivity index is 1.71. The zero-order valence-corrected chi connectivity index (χ0v) is 19.7. The number of hydrogen-bond acceptors (Lipinski definition) is 5. The van der Waals surface area contributed by atoms with E-state index in [4.69, 9.17) is 9.72 Å². The fourth-order valence-electron chi connectivity index (χ4n) is 3.87. The van der Waals surface area contributed by atoms with Gasteiger partial charge in [-0.2, -0.15) is 11.8 Å². The molecule has 1 atom stereocenters. The molecule has 6 nitrogen and oxygen atoms in total. The predicted molar refractivity (Wildman–Crippen MR) is 134 cm³/mol.